The van der Waals surface area contributed by atoms with Crippen molar-refractivity contribution >= 4 is 33.1 Å². The number of urea groups is 1. The Morgan fingerprint density at radius 1 is 0.925 bits per heavy atom. The molecular formula is C28H25F2N5O4S. The topological polar surface area (TPSA) is 135 Å². The first-order chi connectivity index (χ1) is 19.1. The van der Waals surface area contributed by atoms with Gasteiger partial charge >= 0.3 is 6.03 Å². The number of carbonyl (C=O) groups is 1. The average Bonchev–Trinajstić information content (AvgIpc) is 2.94. The number of amides is 2. The van der Waals surface area contributed by atoms with E-state index in [9.17, 15) is 13.2 Å². The number of sulfone groups is 1. The molecule has 0 aliphatic heterocycles. The van der Waals surface area contributed by atoms with Crippen LogP contribution in [0.1, 0.15) is 11.1 Å². The lowest BCUT2D eigenvalue weighted by Crippen LogP contribution is -2.39. The van der Waals surface area contributed by atoms with Crippen LogP contribution in [0, 0.1) is 17.0 Å². The second-order valence-electron chi connectivity index (χ2n) is 8.76. The van der Waals surface area contributed by atoms with Gasteiger partial charge in [0.1, 0.15) is 23.2 Å². The molecule has 4 aromatic rings. The van der Waals surface area contributed by atoms with Crippen LogP contribution >= 0.6 is 0 Å². The fraction of sp³-hybridized carbons (Fsp3) is 0.0714. The van der Waals surface area contributed by atoms with Gasteiger partial charge in [-0.1, -0.05) is 60.7 Å². The van der Waals surface area contributed by atoms with E-state index in [1.165, 1.54) is 24.3 Å². The van der Waals surface area contributed by atoms with Crippen molar-refractivity contribution in [3.05, 3.63) is 114 Å². The highest BCUT2D eigenvalue weighted by Crippen LogP contribution is 2.32. The van der Waals surface area contributed by atoms with E-state index >= 15 is 8.78 Å². The van der Waals surface area contributed by atoms with E-state index in [2.05, 4.69) is 10.7 Å². The van der Waals surface area contributed by atoms with Gasteiger partial charge in [0.05, 0.1) is 17.1 Å². The van der Waals surface area contributed by atoms with E-state index < -0.39 is 33.2 Å². The Hall–Kier alpha value is -4.81. The SMILES string of the molecule is CS(=O)(=O)c1ccccc1-c1cc(F)c(NC(=O)N(Cc2ccccc2)Nc2cccc(C(=N)NO)c2)c(F)c1. The van der Waals surface area contributed by atoms with E-state index in [0.29, 0.717) is 16.8 Å². The summed E-state index contributed by atoms with van der Waals surface area (Å²) < 4.78 is 54.7. The smallest absolute Gasteiger partial charge is 0.301 e. The first-order valence-corrected chi connectivity index (χ1v) is 13.7. The van der Waals surface area contributed by atoms with Crippen LogP contribution < -0.4 is 16.2 Å². The number of rotatable bonds is 8. The third-order valence-electron chi connectivity index (χ3n) is 5.83. The molecule has 12 heteroatoms. The van der Waals surface area contributed by atoms with Crippen LogP contribution in [0.5, 0.6) is 0 Å². The molecule has 0 radical (unpaired) electrons. The van der Waals surface area contributed by atoms with Gasteiger partial charge in [0.2, 0.25) is 0 Å². The van der Waals surface area contributed by atoms with Crippen molar-refractivity contribution in [3.8, 4) is 11.1 Å². The van der Waals surface area contributed by atoms with Crippen LogP contribution in [0.15, 0.2) is 95.9 Å². The fourth-order valence-electron chi connectivity index (χ4n) is 3.94. The van der Waals surface area contributed by atoms with Gasteiger partial charge in [0, 0.05) is 17.4 Å². The highest BCUT2D eigenvalue weighted by molar-refractivity contribution is 7.90. The first-order valence-electron chi connectivity index (χ1n) is 11.8. The summed E-state index contributed by atoms with van der Waals surface area (Å²) in [7, 11) is -3.68. The van der Waals surface area contributed by atoms with Gasteiger partial charge in [-0.25, -0.2) is 27.0 Å². The molecule has 2 amide bonds. The Balaban J connectivity index is 1.65. The monoisotopic (exact) mass is 565 g/mol. The molecule has 0 fully saturated rings. The summed E-state index contributed by atoms with van der Waals surface area (Å²) in [6, 6.07) is 22.0. The number of carbonyl (C=O) groups excluding carboxylic acids is 1. The molecule has 0 atom stereocenters. The van der Waals surface area contributed by atoms with Crippen LogP contribution in [0.3, 0.4) is 0 Å². The molecule has 4 aromatic carbocycles. The predicted molar refractivity (Wildman–Crippen MR) is 148 cm³/mol. The zero-order valence-electron chi connectivity index (χ0n) is 21.2. The highest BCUT2D eigenvalue weighted by atomic mass is 32.2. The van der Waals surface area contributed by atoms with Crippen molar-refractivity contribution in [2.45, 2.75) is 11.4 Å². The summed E-state index contributed by atoms with van der Waals surface area (Å²) in [5.74, 6) is -2.48. The summed E-state index contributed by atoms with van der Waals surface area (Å²) in [6.07, 6.45) is 1.00. The minimum Gasteiger partial charge on any atom is -0.301 e. The highest BCUT2D eigenvalue weighted by Gasteiger charge is 2.22. The van der Waals surface area contributed by atoms with Crippen LogP contribution in [-0.4, -0.2) is 36.8 Å². The third-order valence-corrected chi connectivity index (χ3v) is 6.98. The van der Waals surface area contributed by atoms with Crippen LogP contribution in [-0.2, 0) is 16.4 Å². The number of hydroxylamine groups is 1. The molecule has 5 N–H and O–H groups in total. The van der Waals surface area contributed by atoms with E-state index in [0.717, 1.165) is 23.4 Å². The maximum atomic E-state index is 15.2. The van der Waals surface area contributed by atoms with Crippen molar-refractivity contribution in [3.63, 3.8) is 0 Å². The number of hydrogen-bond donors (Lipinski definition) is 5. The molecule has 0 unspecified atom stereocenters. The Bertz CT molecular complexity index is 1640. The van der Waals surface area contributed by atoms with Crippen molar-refractivity contribution in [1.29, 1.82) is 5.41 Å². The van der Waals surface area contributed by atoms with Gasteiger partial charge in [-0.2, -0.15) is 0 Å². The van der Waals surface area contributed by atoms with Crippen molar-refractivity contribution in [1.82, 2.24) is 10.5 Å². The zero-order valence-corrected chi connectivity index (χ0v) is 22.0. The lowest BCUT2D eigenvalue weighted by atomic mass is 10.0. The maximum absolute atomic E-state index is 15.2. The quantitative estimate of drug-likeness (QED) is 0.110. The molecule has 0 spiro atoms. The maximum Gasteiger partial charge on any atom is 0.340 e. The zero-order chi connectivity index (χ0) is 28.9. The number of nitrogens with one attached hydrogen (secondary N) is 4. The molecule has 0 saturated heterocycles. The molecule has 0 aliphatic carbocycles. The molecule has 0 saturated carbocycles. The number of hydrogen-bond acceptors (Lipinski definition) is 6. The standard InChI is InChI=1S/C28H25F2N5O4S/c1-40(38,39)25-13-6-5-12-22(25)20-15-23(29)26(24(30)16-20)32-28(36)35(17-18-8-3-2-4-9-18)33-21-11-7-10-19(14-21)27(31)34-37/h2-16,33,37H,17H2,1H3,(H2,31,34)(H,32,36). The Labute approximate surface area is 229 Å². The molecule has 206 valence electrons. The fourth-order valence-corrected chi connectivity index (χ4v) is 4.85. The number of hydrazine groups is 1. The predicted octanol–water partition coefficient (Wildman–Crippen LogP) is 5.40. The number of anilines is 2. The second-order valence-corrected chi connectivity index (χ2v) is 10.7. The number of benzene rings is 4. The summed E-state index contributed by atoms with van der Waals surface area (Å²) in [6.45, 7) is -0.00431. The molecule has 0 bridgehead atoms. The Morgan fingerprint density at radius 3 is 2.23 bits per heavy atom. The van der Waals surface area contributed by atoms with Gasteiger partial charge in [-0.3, -0.25) is 21.5 Å². The van der Waals surface area contributed by atoms with Crippen LogP contribution in [0.2, 0.25) is 0 Å². The van der Waals surface area contributed by atoms with Gasteiger partial charge in [-0.15, -0.1) is 0 Å². The summed E-state index contributed by atoms with van der Waals surface area (Å²) in [5.41, 5.74) is 5.39. The van der Waals surface area contributed by atoms with E-state index in [1.54, 1.807) is 60.1 Å². The third kappa shape index (κ3) is 6.60. The van der Waals surface area contributed by atoms with Crippen molar-refractivity contribution in [2.75, 3.05) is 17.0 Å². The lowest BCUT2D eigenvalue weighted by Gasteiger charge is -2.25. The molecule has 40 heavy (non-hydrogen) atoms. The van der Waals surface area contributed by atoms with Gasteiger partial charge in [-0.05, 0) is 41.5 Å². The Morgan fingerprint density at radius 2 is 1.57 bits per heavy atom. The molecular weight excluding hydrogens is 540 g/mol. The van der Waals surface area contributed by atoms with Crippen molar-refractivity contribution in [2.24, 2.45) is 0 Å². The number of nitrogens with zero attached hydrogens (tertiary/aromatic N) is 1. The molecule has 0 aliphatic rings. The Kier molecular flexibility index (Phi) is 8.41. The molecule has 0 heterocycles. The van der Waals surface area contributed by atoms with Crippen LogP contribution in [0.25, 0.3) is 11.1 Å². The molecule has 0 aromatic heterocycles. The first kappa shape index (κ1) is 28.2. The second kappa shape index (κ2) is 11.9. The number of amidine groups is 1. The lowest BCUT2D eigenvalue weighted by molar-refractivity contribution is 0.219. The van der Waals surface area contributed by atoms with Gasteiger partial charge in [0.15, 0.2) is 9.84 Å². The minimum atomic E-state index is -3.68. The number of halogens is 2. The van der Waals surface area contributed by atoms with Crippen molar-refractivity contribution < 1.29 is 27.2 Å². The summed E-state index contributed by atoms with van der Waals surface area (Å²) >= 11 is 0. The average molecular weight is 566 g/mol. The van der Waals surface area contributed by atoms with Gasteiger partial charge in [0.25, 0.3) is 0 Å². The summed E-state index contributed by atoms with van der Waals surface area (Å²) in [4.78, 5) is 13.2. The van der Waals surface area contributed by atoms with E-state index in [-0.39, 0.29) is 28.4 Å². The van der Waals surface area contributed by atoms with E-state index in [4.69, 9.17) is 10.6 Å². The van der Waals surface area contributed by atoms with Gasteiger partial charge < -0.3 is 5.32 Å². The normalized spacial score (nSPS) is 11.0. The largest absolute Gasteiger partial charge is 0.340 e. The minimum absolute atomic E-state index is 0.00431. The molecule has 4 rings (SSSR count). The summed E-state index contributed by atoms with van der Waals surface area (Å²) in [5, 5.41) is 20.1. The van der Waals surface area contributed by atoms with E-state index in [1.807, 2.05) is 0 Å². The van der Waals surface area contributed by atoms with Crippen LogP contribution in [0.4, 0.5) is 25.0 Å². The molecule has 9 nitrogen and oxygen atoms in total.